The van der Waals surface area contributed by atoms with Gasteiger partial charge in [0.2, 0.25) is 0 Å². The van der Waals surface area contributed by atoms with E-state index in [4.69, 9.17) is 9.47 Å². The number of ether oxygens (including phenoxy) is 2. The van der Waals surface area contributed by atoms with Crippen molar-refractivity contribution in [2.24, 2.45) is 34.5 Å². The van der Waals surface area contributed by atoms with Gasteiger partial charge in [-0.25, -0.2) is 0 Å². The van der Waals surface area contributed by atoms with Crippen molar-refractivity contribution in [3.05, 3.63) is 11.6 Å². The zero-order valence-corrected chi connectivity index (χ0v) is 18.8. The Morgan fingerprint density at radius 1 is 1.07 bits per heavy atom. The molecule has 0 aromatic heterocycles. The van der Waals surface area contributed by atoms with E-state index in [0.29, 0.717) is 23.7 Å². The van der Waals surface area contributed by atoms with E-state index in [2.05, 4.69) is 26.8 Å². The third-order valence-corrected chi connectivity index (χ3v) is 9.30. The third-order valence-electron chi connectivity index (χ3n) is 9.30. The number of hydrogen-bond donors (Lipinski definition) is 0. The topological polar surface area (TPSA) is 52.6 Å². The van der Waals surface area contributed by atoms with Crippen LogP contribution in [0.5, 0.6) is 0 Å². The van der Waals surface area contributed by atoms with Gasteiger partial charge in [0, 0.05) is 19.8 Å². The molecule has 1 unspecified atom stereocenters. The summed E-state index contributed by atoms with van der Waals surface area (Å²) in [4.78, 5) is 23.0. The number of carbonyl (C=O) groups is 2. The molecule has 0 amide bonds. The fraction of sp³-hybridized carbons (Fsp3) is 0.840. The van der Waals surface area contributed by atoms with E-state index < -0.39 is 0 Å². The summed E-state index contributed by atoms with van der Waals surface area (Å²) >= 11 is 0. The highest BCUT2D eigenvalue weighted by Gasteiger charge is 2.58. The maximum Gasteiger partial charge on any atom is 0.302 e. The molecule has 162 valence electrons. The first-order chi connectivity index (χ1) is 13.6. The van der Waals surface area contributed by atoms with E-state index >= 15 is 0 Å². The van der Waals surface area contributed by atoms with Gasteiger partial charge in [0.1, 0.15) is 12.2 Å². The number of rotatable bonds is 3. The van der Waals surface area contributed by atoms with Crippen molar-refractivity contribution in [3.63, 3.8) is 0 Å². The first kappa shape index (κ1) is 20.9. The van der Waals surface area contributed by atoms with Crippen LogP contribution in [0.2, 0.25) is 0 Å². The Hall–Kier alpha value is -1.32. The highest BCUT2D eigenvalue weighted by Crippen LogP contribution is 2.66. The zero-order valence-electron chi connectivity index (χ0n) is 18.8. The molecule has 0 radical (unpaired) electrons. The second-order valence-electron chi connectivity index (χ2n) is 10.8. The molecule has 0 bridgehead atoms. The molecule has 3 saturated carbocycles. The largest absolute Gasteiger partial charge is 0.463 e. The van der Waals surface area contributed by atoms with Crippen LogP contribution >= 0.6 is 0 Å². The number of hydrogen-bond acceptors (Lipinski definition) is 4. The van der Waals surface area contributed by atoms with Gasteiger partial charge in [-0.3, -0.25) is 9.59 Å². The average Bonchev–Trinajstić information content (AvgIpc) is 2.98. The van der Waals surface area contributed by atoms with Gasteiger partial charge in [0.25, 0.3) is 0 Å². The summed E-state index contributed by atoms with van der Waals surface area (Å²) in [7, 11) is 0. The second kappa shape index (κ2) is 7.42. The Kier molecular flexibility index (Phi) is 5.36. The number of esters is 2. The molecule has 4 rings (SSSR count). The normalized spacial score (nSPS) is 44.6. The molecule has 3 fully saturated rings. The summed E-state index contributed by atoms with van der Waals surface area (Å²) in [6.07, 6.45) is 11.9. The molecule has 0 aromatic carbocycles. The summed E-state index contributed by atoms with van der Waals surface area (Å²) in [5, 5.41) is 0. The van der Waals surface area contributed by atoms with Crippen molar-refractivity contribution < 1.29 is 19.1 Å². The third kappa shape index (κ3) is 3.45. The predicted molar refractivity (Wildman–Crippen MR) is 112 cm³/mol. The van der Waals surface area contributed by atoms with Gasteiger partial charge in [-0.2, -0.15) is 0 Å². The Morgan fingerprint density at radius 2 is 1.83 bits per heavy atom. The van der Waals surface area contributed by atoms with Crippen LogP contribution in [0.15, 0.2) is 11.6 Å². The quantitative estimate of drug-likeness (QED) is 0.465. The van der Waals surface area contributed by atoms with E-state index in [0.717, 1.165) is 25.7 Å². The summed E-state index contributed by atoms with van der Waals surface area (Å²) < 4.78 is 11.2. The Bertz CT molecular complexity index is 712. The number of allylic oxidation sites excluding steroid dienone is 2. The lowest BCUT2D eigenvalue weighted by Crippen LogP contribution is -2.49. The van der Waals surface area contributed by atoms with Crippen LogP contribution in [0.25, 0.3) is 0 Å². The van der Waals surface area contributed by atoms with Crippen molar-refractivity contribution in [1.29, 1.82) is 0 Å². The minimum absolute atomic E-state index is 0.00328. The molecule has 4 nitrogen and oxygen atoms in total. The molecule has 8 atom stereocenters. The van der Waals surface area contributed by atoms with Gasteiger partial charge >= 0.3 is 11.9 Å². The van der Waals surface area contributed by atoms with Crippen molar-refractivity contribution in [3.8, 4) is 0 Å². The van der Waals surface area contributed by atoms with Crippen LogP contribution in [0.4, 0.5) is 0 Å². The van der Waals surface area contributed by atoms with Crippen molar-refractivity contribution in [2.75, 3.05) is 0 Å². The van der Waals surface area contributed by atoms with Crippen LogP contribution in [-0.2, 0) is 19.1 Å². The van der Waals surface area contributed by atoms with Gasteiger partial charge in [0.15, 0.2) is 0 Å². The van der Waals surface area contributed by atoms with Gasteiger partial charge in [-0.05, 0) is 86.9 Å². The molecule has 4 aliphatic carbocycles. The summed E-state index contributed by atoms with van der Waals surface area (Å²) in [5.74, 6) is 2.17. The molecule has 0 N–H and O–H groups in total. The number of carbonyl (C=O) groups excluding carboxylic acids is 2. The van der Waals surface area contributed by atoms with E-state index in [-0.39, 0.29) is 35.0 Å². The lowest BCUT2D eigenvalue weighted by molar-refractivity contribution is -0.152. The highest BCUT2D eigenvalue weighted by atomic mass is 16.5. The number of fused-ring (bicyclic) bond motifs is 5. The molecule has 0 heterocycles. The first-order valence-corrected chi connectivity index (χ1v) is 11.7. The monoisotopic (exact) mass is 402 g/mol. The minimum atomic E-state index is -0.158. The van der Waals surface area contributed by atoms with Crippen LogP contribution in [0.3, 0.4) is 0 Å². The van der Waals surface area contributed by atoms with Crippen molar-refractivity contribution >= 4 is 11.9 Å². The minimum Gasteiger partial charge on any atom is -0.463 e. The van der Waals surface area contributed by atoms with Crippen LogP contribution in [0.1, 0.15) is 86.0 Å². The first-order valence-electron chi connectivity index (χ1n) is 11.7. The standard InChI is InChI=1S/C25H38O4/c1-15(28-16(2)26)21-8-9-22-20-7-6-18-14-19(29-17(3)27)10-12-24(18,4)23(20)11-13-25(21,22)5/h11,15,18-22H,6-10,12-14H2,1-5H3/t15?,18-,19-,20-,21+,22-,24-,25+/m0/s1. The highest BCUT2D eigenvalue weighted by molar-refractivity contribution is 5.66. The van der Waals surface area contributed by atoms with E-state index in [1.165, 1.54) is 39.5 Å². The average molecular weight is 403 g/mol. The molecule has 4 heteroatoms. The maximum atomic E-state index is 11.5. The lowest BCUT2D eigenvalue weighted by atomic mass is 9.48. The molecule has 0 aliphatic heterocycles. The second-order valence-corrected chi connectivity index (χ2v) is 10.8. The van der Waals surface area contributed by atoms with Crippen molar-refractivity contribution in [2.45, 2.75) is 98.2 Å². The maximum absolute atomic E-state index is 11.5. The van der Waals surface area contributed by atoms with Gasteiger partial charge in [-0.1, -0.05) is 25.5 Å². The van der Waals surface area contributed by atoms with Crippen LogP contribution in [0, 0.1) is 34.5 Å². The van der Waals surface area contributed by atoms with Gasteiger partial charge in [-0.15, -0.1) is 0 Å². The Labute approximate surface area is 175 Å². The molecule has 0 saturated heterocycles. The fourth-order valence-corrected chi connectivity index (χ4v) is 7.98. The molecule has 0 aromatic rings. The van der Waals surface area contributed by atoms with Gasteiger partial charge < -0.3 is 9.47 Å². The molecular formula is C25H38O4. The smallest absolute Gasteiger partial charge is 0.302 e. The molecular weight excluding hydrogens is 364 g/mol. The summed E-state index contributed by atoms with van der Waals surface area (Å²) in [6, 6.07) is 0. The van der Waals surface area contributed by atoms with E-state index in [1.807, 2.05) is 0 Å². The molecule has 29 heavy (non-hydrogen) atoms. The van der Waals surface area contributed by atoms with Crippen molar-refractivity contribution in [1.82, 2.24) is 0 Å². The molecule has 0 spiro atoms. The van der Waals surface area contributed by atoms with Crippen LogP contribution in [-0.4, -0.2) is 24.1 Å². The fourth-order valence-electron chi connectivity index (χ4n) is 7.98. The summed E-state index contributed by atoms with van der Waals surface area (Å²) in [6.45, 7) is 10.1. The van der Waals surface area contributed by atoms with E-state index in [9.17, 15) is 9.59 Å². The summed E-state index contributed by atoms with van der Waals surface area (Å²) in [5.41, 5.74) is 2.21. The van der Waals surface area contributed by atoms with Crippen LogP contribution < -0.4 is 0 Å². The SMILES string of the molecule is CC(=O)OC(C)[C@H]1CC[C@H]2[C@@H]3CC[C@H]4C[C@@H](OC(C)=O)CC[C@]4(C)C3=CC[C@]12C. The predicted octanol–water partition coefficient (Wildman–Crippen LogP) is 5.45. The van der Waals surface area contributed by atoms with Gasteiger partial charge in [0.05, 0.1) is 0 Å². The zero-order chi connectivity index (χ0) is 21.0. The molecule has 4 aliphatic rings. The Morgan fingerprint density at radius 3 is 2.52 bits per heavy atom. The Balaban J connectivity index is 1.55. The lowest BCUT2D eigenvalue weighted by Gasteiger charge is -2.57. The van der Waals surface area contributed by atoms with E-state index in [1.54, 1.807) is 5.57 Å².